The van der Waals surface area contributed by atoms with Crippen molar-refractivity contribution in [2.75, 3.05) is 0 Å². The summed E-state index contributed by atoms with van der Waals surface area (Å²) in [6, 6.07) is 35.4. The summed E-state index contributed by atoms with van der Waals surface area (Å²) >= 11 is 0. The van der Waals surface area contributed by atoms with Crippen molar-refractivity contribution < 1.29 is 0 Å². The summed E-state index contributed by atoms with van der Waals surface area (Å²) in [5.41, 5.74) is 3.97. The second-order valence-corrected chi connectivity index (χ2v) is 6.87. The molecule has 0 fully saturated rings. The highest BCUT2D eigenvalue weighted by Gasteiger charge is 1.89. The molecule has 32 heavy (non-hydrogen) atoms. The van der Waals surface area contributed by atoms with E-state index in [1.54, 1.807) is 0 Å². The van der Waals surface area contributed by atoms with Crippen LogP contribution >= 0.6 is 0 Å². The molecule has 0 radical (unpaired) electrons. The Morgan fingerprint density at radius 1 is 0.406 bits per heavy atom. The van der Waals surface area contributed by atoms with E-state index in [1.807, 2.05) is 64.1 Å². The molecule has 0 saturated heterocycles. The standard InChI is InChI=1S/C11H10.2C7H8.C3H8.2C2H6/c1-9-6-7-10-4-2-3-5-11(10)8-9;2*1-7-5-3-2-4-6-7;1-3-2;2*1-2/h2-8H,1H3;2*2-6H,1H3;3H2,1-2H3;2*1-2H3. The van der Waals surface area contributed by atoms with Crippen LogP contribution in [0.5, 0.6) is 0 Å². The van der Waals surface area contributed by atoms with Crippen LogP contribution in [0.15, 0.2) is 103 Å². The van der Waals surface area contributed by atoms with Gasteiger partial charge in [0.25, 0.3) is 0 Å². The topological polar surface area (TPSA) is 0 Å². The molecule has 0 heteroatoms. The quantitative estimate of drug-likeness (QED) is 0.260. The number of fused-ring (bicyclic) bond motifs is 1. The van der Waals surface area contributed by atoms with E-state index < -0.39 is 0 Å². The first-order chi connectivity index (χ1) is 15.6. The molecular formula is C32H46. The summed E-state index contributed by atoms with van der Waals surface area (Å²) in [7, 11) is 0. The van der Waals surface area contributed by atoms with E-state index in [1.165, 1.54) is 33.9 Å². The second kappa shape index (κ2) is 22.8. The summed E-state index contributed by atoms with van der Waals surface area (Å²) in [6.07, 6.45) is 1.25. The van der Waals surface area contributed by atoms with Gasteiger partial charge in [0.1, 0.15) is 0 Å². The van der Waals surface area contributed by atoms with Crippen molar-refractivity contribution in [1.82, 2.24) is 0 Å². The van der Waals surface area contributed by atoms with Gasteiger partial charge in [-0.2, -0.15) is 0 Å². The van der Waals surface area contributed by atoms with Gasteiger partial charge in [-0.25, -0.2) is 0 Å². The fourth-order valence-electron chi connectivity index (χ4n) is 2.38. The maximum absolute atomic E-state index is 2.20. The van der Waals surface area contributed by atoms with Crippen LogP contribution in [0.3, 0.4) is 0 Å². The van der Waals surface area contributed by atoms with Crippen molar-refractivity contribution in [3.63, 3.8) is 0 Å². The monoisotopic (exact) mass is 430 g/mol. The molecule has 0 bridgehead atoms. The van der Waals surface area contributed by atoms with Crippen LogP contribution in [0.25, 0.3) is 10.8 Å². The van der Waals surface area contributed by atoms with Crippen LogP contribution in [0.1, 0.15) is 64.7 Å². The minimum atomic E-state index is 1.25. The zero-order chi connectivity index (χ0) is 24.6. The zero-order valence-electron chi connectivity index (χ0n) is 22.0. The van der Waals surface area contributed by atoms with Gasteiger partial charge in [0.05, 0.1) is 0 Å². The number of benzene rings is 4. The van der Waals surface area contributed by atoms with Gasteiger partial charge in [0, 0.05) is 0 Å². The summed E-state index contributed by atoms with van der Waals surface area (Å²) in [5, 5.41) is 2.64. The maximum Gasteiger partial charge on any atom is -0.0181 e. The van der Waals surface area contributed by atoms with Gasteiger partial charge in [0.2, 0.25) is 0 Å². The SMILES string of the molecule is CC.CC.CCC.Cc1ccc2ccccc2c1.Cc1ccccc1.Cc1ccccc1. The second-order valence-electron chi connectivity index (χ2n) is 6.87. The van der Waals surface area contributed by atoms with Gasteiger partial charge in [-0.3, -0.25) is 0 Å². The van der Waals surface area contributed by atoms with Crippen molar-refractivity contribution in [3.05, 3.63) is 120 Å². The Hall–Kier alpha value is -2.86. The molecule has 4 rings (SSSR count). The van der Waals surface area contributed by atoms with Gasteiger partial charge in [0.15, 0.2) is 0 Å². The Bertz CT molecular complexity index is 840. The Morgan fingerprint density at radius 3 is 1.09 bits per heavy atom. The molecule has 4 aromatic carbocycles. The van der Waals surface area contributed by atoms with Crippen LogP contribution in [0, 0.1) is 20.8 Å². The Kier molecular flexibility index (Phi) is 22.3. The molecule has 0 heterocycles. The fraction of sp³-hybridized carbons (Fsp3) is 0.312. The molecule has 0 spiro atoms. The minimum Gasteiger partial charge on any atom is -0.0683 e. The van der Waals surface area contributed by atoms with Crippen LogP contribution < -0.4 is 0 Å². The van der Waals surface area contributed by atoms with Crippen LogP contribution in [0.2, 0.25) is 0 Å². The van der Waals surface area contributed by atoms with Crippen molar-refractivity contribution in [3.8, 4) is 0 Å². The van der Waals surface area contributed by atoms with Gasteiger partial charge >= 0.3 is 0 Å². The predicted octanol–water partition coefficient (Wildman–Crippen LogP) is 10.6. The highest BCUT2D eigenvalue weighted by molar-refractivity contribution is 5.82. The van der Waals surface area contributed by atoms with Crippen molar-refractivity contribution >= 4 is 10.8 Å². The smallest absolute Gasteiger partial charge is 0.0181 e. The van der Waals surface area contributed by atoms with Crippen molar-refractivity contribution in [1.29, 1.82) is 0 Å². The third kappa shape index (κ3) is 16.9. The molecule has 174 valence electrons. The molecule has 0 N–H and O–H groups in total. The van der Waals surface area contributed by atoms with E-state index in [0.717, 1.165) is 0 Å². The van der Waals surface area contributed by atoms with E-state index >= 15 is 0 Å². The molecule has 0 aliphatic heterocycles. The van der Waals surface area contributed by atoms with E-state index in [-0.39, 0.29) is 0 Å². The summed E-state index contributed by atoms with van der Waals surface area (Å²) in [5.74, 6) is 0. The Morgan fingerprint density at radius 2 is 0.750 bits per heavy atom. The first-order valence-electron chi connectivity index (χ1n) is 12.1. The normalized spacial score (nSPS) is 8.28. The van der Waals surface area contributed by atoms with E-state index in [0.29, 0.717) is 0 Å². The first-order valence-corrected chi connectivity index (χ1v) is 12.1. The number of aryl methyl sites for hydroxylation is 3. The highest BCUT2D eigenvalue weighted by atomic mass is 13.9. The number of hydrogen-bond donors (Lipinski definition) is 0. The third-order valence-corrected chi connectivity index (χ3v) is 3.79. The van der Waals surface area contributed by atoms with Crippen LogP contribution in [0.4, 0.5) is 0 Å². The fourth-order valence-corrected chi connectivity index (χ4v) is 2.38. The van der Waals surface area contributed by atoms with Crippen LogP contribution in [-0.2, 0) is 0 Å². The molecule has 0 nitrogen and oxygen atoms in total. The van der Waals surface area contributed by atoms with Gasteiger partial charge < -0.3 is 0 Å². The zero-order valence-corrected chi connectivity index (χ0v) is 22.0. The van der Waals surface area contributed by atoms with Gasteiger partial charge in [-0.1, -0.05) is 168 Å². The Balaban J connectivity index is 0. The minimum absolute atomic E-state index is 1.25. The summed E-state index contributed by atoms with van der Waals surface area (Å²) in [4.78, 5) is 0. The highest BCUT2D eigenvalue weighted by Crippen LogP contribution is 2.14. The largest absolute Gasteiger partial charge is 0.0683 e. The maximum atomic E-state index is 2.20. The molecule has 0 aliphatic rings. The average molecular weight is 431 g/mol. The molecule has 0 unspecified atom stereocenters. The molecule has 0 saturated carbocycles. The molecule has 0 atom stereocenters. The van der Waals surface area contributed by atoms with Gasteiger partial charge in [-0.15, -0.1) is 0 Å². The lowest BCUT2D eigenvalue weighted by Crippen LogP contribution is -1.73. The summed E-state index contributed by atoms with van der Waals surface area (Å²) < 4.78 is 0. The lowest BCUT2D eigenvalue weighted by molar-refractivity contribution is 1.09. The summed E-state index contributed by atoms with van der Waals surface area (Å²) in [6.45, 7) is 18.5. The number of rotatable bonds is 0. The van der Waals surface area contributed by atoms with Crippen LogP contribution in [-0.4, -0.2) is 0 Å². The Labute approximate surface area is 199 Å². The molecule has 0 amide bonds. The van der Waals surface area contributed by atoms with Crippen molar-refractivity contribution in [2.24, 2.45) is 0 Å². The van der Waals surface area contributed by atoms with Crippen molar-refractivity contribution in [2.45, 2.75) is 68.7 Å². The average Bonchev–Trinajstić information content (AvgIpc) is 2.84. The lowest BCUT2D eigenvalue weighted by Gasteiger charge is -1.96. The van der Waals surface area contributed by atoms with E-state index in [2.05, 4.69) is 101 Å². The van der Waals surface area contributed by atoms with E-state index in [4.69, 9.17) is 0 Å². The number of hydrogen-bond acceptors (Lipinski definition) is 0. The van der Waals surface area contributed by atoms with Gasteiger partial charge in [-0.05, 0) is 31.5 Å². The lowest BCUT2D eigenvalue weighted by atomic mass is 10.1. The third-order valence-electron chi connectivity index (χ3n) is 3.79. The molecular weight excluding hydrogens is 384 g/mol. The molecule has 0 aliphatic carbocycles. The molecule has 0 aromatic heterocycles. The predicted molar refractivity (Wildman–Crippen MR) is 150 cm³/mol. The first kappa shape index (κ1) is 31.3. The molecule has 4 aromatic rings. The van der Waals surface area contributed by atoms with E-state index in [9.17, 15) is 0 Å².